The van der Waals surface area contributed by atoms with Gasteiger partial charge in [-0.15, -0.1) is 5.06 Å². The minimum Gasteiger partial charge on any atom is -0.409 e. The SMILES string of the molecule is CC1=C(C(=O)c2nccn2C)[C@@H](c2ccc(Cl)cc2)N(Cc2ccccc2)O1. The van der Waals surface area contributed by atoms with Crippen LogP contribution >= 0.6 is 11.6 Å². The molecule has 1 atom stereocenters. The molecular weight excluding hydrogens is 374 g/mol. The van der Waals surface area contributed by atoms with Crippen molar-refractivity contribution >= 4 is 17.4 Å². The summed E-state index contributed by atoms with van der Waals surface area (Å²) in [5, 5.41) is 2.49. The lowest BCUT2D eigenvalue weighted by molar-refractivity contribution is -0.126. The first kappa shape index (κ1) is 18.5. The lowest BCUT2D eigenvalue weighted by atomic mass is 9.94. The number of carbonyl (C=O) groups is 1. The summed E-state index contributed by atoms with van der Waals surface area (Å²) in [5.41, 5.74) is 2.63. The molecule has 0 fully saturated rings. The Labute approximate surface area is 168 Å². The van der Waals surface area contributed by atoms with Gasteiger partial charge in [-0.25, -0.2) is 4.98 Å². The van der Waals surface area contributed by atoms with E-state index in [9.17, 15) is 4.79 Å². The molecule has 4 rings (SSSR count). The van der Waals surface area contributed by atoms with Gasteiger partial charge in [0.1, 0.15) is 11.8 Å². The van der Waals surface area contributed by atoms with Gasteiger partial charge in [-0.2, -0.15) is 0 Å². The van der Waals surface area contributed by atoms with Crippen LogP contribution in [0.1, 0.15) is 34.7 Å². The van der Waals surface area contributed by atoms with Crippen molar-refractivity contribution in [3.8, 4) is 0 Å². The average molecular weight is 394 g/mol. The zero-order valence-corrected chi connectivity index (χ0v) is 16.4. The number of aryl methyl sites for hydroxylation is 1. The third-order valence-corrected chi connectivity index (χ3v) is 5.08. The number of imidazole rings is 1. The fourth-order valence-corrected chi connectivity index (χ4v) is 3.59. The highest BCUT2D eigenvalue weighted by atomic mass is 35.5. The second-order valence-corrected chi connectivity index (χ2v) is 7.20. The van der Waals surface area contributed by atoms with Crippen LogP contribution < -0.4 is 0 Å². The quantitative estimate of drug-likeness (QED) is 0.588. The third-order valence-electron chi connectivity index (χ3n) is 4.83. The van der Waals surface area contributed by atoms with E-state index in [4.69, 9.17) is 16.4 Å². The number of benzene rings is 2. The average Bonchev–Trinajstić information content (AvgIpc) is 3.26. The molecule has 0 unspecified atom stereocenters. The van der Waals surface area contributed by atoms with Crippen molar-refractivity contribution in [3.63, 3.8) is 0 Å². The third kappa shape index (κ3) is 3.46. The first-order valence-corrected chi connectivity index (χ1v) is 9.39. The molecular formula is C22H20ClN3O2. The molecule has 1 aliphatic heterocycles. The molecule has 2 aromatic carbocycles. The second kappa shape index (κ2) is 7.62. The number of hydrogen-bond donors (Lipinski definition) is 0. The highest BCUT2D eigenvalue weighted by Crippen LogP contribution is 2.40. The van der Waals surface area contributed by atoms with Gasteiger partial charge in [0.2, 0.25) is 5.78 Å². The summed E-state index contributed by atoms with van der Waals surface area (Å²) < 4.78 is 1.72. The Balaban J connectivity index is 1.74. The molecule has 1 aliphatic rings. The summed E-state index contributed by atoms with van der Waals surface area (Å²) in [6, 6.07) is 17.2. The van der Waals surface area contributed by atoms with E-state index in [0.717, 1.165) is 11.1 Å². The smallest absolute Gasteiger partial charge is 0.229 e. The number of rotatable bonds is 5. The summed E-state index contributed by atoms with van der Waals surface area (Å²) in [6.45, 7) is 2.37. The summed E-state index contributed by atoms with van der Waals surface area (Å²) in [7, 11) is 1.81. The van der Waals surface area contributed by atoms with Gasteiger partial charge in [-0.1, -0.05) is 54.1 Å². The zero-order chi connectivity index (χ0) is 19.7. The normalized spacial score (nSPS) is 17.0. The number of hydrogen-bond acceptors (Lipinski definition) is 4. The van der Waals surface area contributed by atoms with Gasteiger partial charge in [-0.05, 0) is 30.2 Å². The summed E-state index contributed by atoms with van der Waals surface area (Å²) in [6.07, 6.45) is 3.38. The Bertz CT molecular complexity index is 1030. The first-order chi connectivity index (χ1) is 13.5. The number of Topliss-reactive ketones (excluding diaryl/α,β-unsaturated/α-hetero) is 1. The summed E-state index contributed by atoms with van der Waals surface area (Å²) >= 11 is 6.08. The van der Waals surface area contributed by atoms with E-state index in [-0.39, 0.29) is 11.8 Å². The topological polar surface area (TPSA) is 47.4 Å². The molecule has 0 bridgehead atoms. The largest absolute Gasteiger partial charge is 0.409 e. The van der Waals surface area contributed by atoms with Crippen molar-refractivity contribution in [2.24, 2.45) is 7.05 Å². The van der Waals surface area contributed by atoms with Gasteiger partial charge in [-0.3, -0.25) is 4.79 Å². The van der Waals surface area contributed by atoms with E-state index in [0.29, 0.717) is 28.7 Å². The maximum Gasteiger partial charge on any atom is 0.229 e. The van der Waals surface area contributed by atoms with Crippen LogP contribution in [0.25, 0.3) is 0 Å². The van der Waals surface area contributed by atoms with Crippen LogP contribution in [0, 0.1) is 0 Å². The Kier molecular flexibility index (Phi) is 5.03. The second-order valence-electron chi connectivity index (χ2n) is 6.77. The number of nitrogens with zero attached hydrogens (tertiary/aromatic N) is 3. The van der Waals surface area contributed by atoms with Crippen LogP contribution in [0.3, 0.4) is 0 Å². The van der Waals surface area contributed by atoms with Gasteiger partial charge >= 0.3 is 0 Å². The molecule has 0 spiro atoms. The highest BCUT2D eigenvalue weighted by Gasteiger charge is 2.39. The highest BCUT2D eigenvalue weighted by molar-refractivity contribution is 6.30. The standard InChI is InChI=1S/C22H20ClN3O2/c1-15-19(21(27)22-24-12-13-25(22)2)20(17-8-10-18(23)11-9-17)26(28-15)14-16-6-4-3-5-7-16/h3-13,20H,14H2,1-2H3/t20-/m1/s1. The van der Waals surface area contributed by atoms with E-state index < -0.39 is 0 Å². The van der Waals surface area contributed by atoms with Crippen LogP contribution in [0.15, 0.2) is 78.3 Å². The number of aromatic nitrogens is 2. The van der Waals surface area contributed by atoms with E-state index in [1.807, 2.05) is 73.6 Å². The van der Waals surface area contributed by atoms with Crippen LogP contribution in [0.4, 0.5) is 0 Å². The Hall–Kier alpha value is -2.89. The van der Waals surface area contributed by atoms with Crippen molar-refractivity contribution in [1.29, 1.82) is 0 Å². The van der Waals surface area contributed by atoms with Crippen LogP contribution in [0.5, 0.6) is 0 Å². The molecule has 0 aliphatic carbocycles. The van der Waals surface area contributed by atoms with E-state index >= 15 is 0 Å². The Morgan fingerprint density at radius 2 is 1.86 bits per heavy atom. The van der Waals surface area contributed by atoms with Gasteiger partial charge in [0.25, 0.3) is 0 Å². The van der Waals surface area contributed by atoms with Crippen molar-refractivity contribution in [1.82, 2.24) is 14.6 Å². The minimum atomic E-state index is -0.346. The van der Waals surface area contributed by atoms with E-state index in [1.54, 1.807) is 17.0 Å². The van der Waals surface area contributed by atoms with Crippen molar-refractivity contribution in [2.75, 3.05) is 0 Å². The van der Waals surface area contributed by atoms with E-state index in [1.165, 1.54) is 0 Å². The predicted molar refractivity (Wildman–Crippen MR) is 108 cm³/mol. The van der Waals surface area contributed by atoms with Gasteiger partial charge in [0.05, 0.1) is 12.1 Å². The maximum absolute atomic E-state index is 13.3. The number of carbonyl (C=O) groups excluding carboxylic acids is 1. The molecule has 6 heteroatoms. The van der Waals surface area contributed by atoms with Crippen LogP contribution in [0.2, 0.25) is 5.02 Å². The maximum atomic E-state index is 13.3. The molecule has 2 heterocycles. The first-order valence-electron chi connectivity index (χ1n) is 9.01. The summed E-state index contributed by atoms with van der Waals surface area (Å²) in [4.78, 5) is 23.6. The van der Waals surface area contributed by atoms with E-state index in [2.05, 4.69) is 4.98 Å². The van der Waals surface area contributed by atoms with Gasteiger partial charge < -0.3 is 9.40 Å². The van der Waals surface area contributed by atoms with Crippen molar-refractivity contribution < 1.29 is 9.63 Å². The summed E-state index contributed by atoms with van der Waals surface area (Å²) in [5.74, 6) is 0.836. The molecule has 0 N–H and O–H groups in total. The van der Waals surface area contributed by atoms with Crippen molar-refractivity contribution in [2.45, 2.75) is 19.5 Å². The lowest BCUT2D eigenvalue weighted by Gasteiger charge is -2.25. The molecule has 3 aromatic rings. The van der Waals surface area contributed by atoms with Gasteiger partial charge in [0, 0.05) is 24.5 Å². The minimum absolute atomic E-state index is 0.138. The monoisotopic (exact) mass is 393 g/mol. The Morgan fingerprint density at radius 3 is 2.50 bits per heavy atom. The molecule has 5 nitrogen and oxygen atoms in total. The van der Waals surface area contributed by atoms with Crippen LogP contribution in [-0.4, -0.2) is 20.4 Å². The molecule has 0 radical (unpaired) electrons. The fraction of sp³-hybridized carbons (Fsp3) is 0.182. The molecule has 1 aromatic heterocycles. The predicted octanol–water partition coefficient (Wildman–Crippen LogP) is 4.72. The van der Waals surface area contributed by atoms with Crippen molar-refractivity contribution in [3.05, 3.63) is 100 Å². The molecule has 0 amide bonds. The molecule has 142 valence electrons. The fourth-order valence-electron chi connectivity index (χ4n) is 3.47. The van der Waals surface area contributed by atoms with Gasteiger partial charge in [0.15, 0.2) is 5.82 Å². The molecule has 0 saturated carbocycles. The molecule has 0 saturated heterocycles. The Morgan fingerprint density at radius 1 is 1.14 bits per heavy atom. The number of hydroxylamine groups is 2. The van der Waals surface area contributed by atoms with Crippen LogP contribution in [-0.2, 0) is 18.4 Å². The zero-order valence-electron chi connectivity index (χ0n) is 15.7. The number of halogens is 1. The molecule has 28 heavy (non-hydrogen) atoms. The number of allylic oxidation sites excluding steroid dienone is 1. The lowest BCUT2D eigenvalue weighted by Crippen LogP contribution is -2.26. The number of ketones is 1.